The van der Waals surface area contributed by atoms with Crippen molar-refractivity contribution >= 4 is 27.7 Å². The van der Waals surface area contributed by atoms with Crippen molar-refractivity contribution in [1.82, 2.24) is 0 Å². The van der Waals surface area contributed by atoms with Gasteiger partial charge in [0.25, 0.3) is 0 Å². The van der Waals surface area contributed by atoms with Crippen molar-refractivity contribution in [2.24, 2.45) is 5.73 Å². The van der Waals surface area contributed by atoms with Gasteiger partial charge in [0, 0.05) is 21.2 Å². The van der Waals surface area contributed by atoms with Gasteiger partial charge in [-0.3, -0.25) is 0 Å². The van der Waals surface area contributed by atoms with Gasteiger partial charge < -0.3 is 5.73 Å². The maximum atomic E-state index is 5.94. The summed E-state index contributed by atoms with van der Waals surface area (Å²) in [7, 11) is 0. The minimum Gasteiger partial charge on any atom is -0.328 e. The van der Waals surface area contributed by atoms with Gasteiger partial charge in [-0.05, 0) is 49.1 Å². The maximum absolute atomic E-state index is 5.94. The predicted molar refractivity (Wildman–Crippen MR) is 92.2 cm³/mol. The molecule has 2 aromatic rings. The molecule has 0 amide bonds. The molecule has 0 aromatic heterocycles. The van der Waals surface area contributed by atoms with Gasteiger partial charge in [-0.2, -0.15) is 0 Å². The van der Waals surface area contributed by atoms with Crippen molar-refractivity contribution < 1.29 is 0 Å². The van der Waals surface area contributed by atoms with E-state index in [0.717, 1.165) is 16.6 Å². The second-order valence-electron chi connectivity index (χ2n) is 5.15. The van der Waals surface area contributed by atoms with Gasteiger partial charge in [-0.25, -0.2) is 0 Å². The third-order valence-electron chi connectivity index (χ3n) is 3.22. The van der Waals surface area contributed by atoms with Crippen LogP contribution in [0.15, 0.2) is 51.8 Å². The molecule has 0 bridgehead atoms. The molecule has 0 saturated heterocycles. The summed E-state index contributed by atoms with van der Waals surface area (Å²) < 4.78 is 1.12. The minimum absolute atomic E-state index is 0.189. The largest absolute Gasteiger partial charge is 0.328 e. The maximum Gasteiger partial charge on any atom is 0.0234 e. The van der Waals surface area contributed by atoms with Crippen LogP contribution in [0.1, 0.15) is 23.6 Å². The van der Waals surface area contributed by atoms with E-state index in [1.54, 1.807) is 0 Å². The van der Waals surface area contributed by atoms with E-state index >= 15 is 0 Å². The topological polar surface area (TPSA) is 26.0 Å². The van der Waals surface area contributed by atoms with Crippen molar-refractivity contribution in [3.05, 3.63) is 63.6 Å². The second kappa shape index (κ2) is 7.30. The van der Waals surface area contributed by atoms with E-state index in [4.69, 9.17) is 5.73 Å². The average Bonchev–Trinajstić information content (AvgIpc) is 2.40. The summed E-state index contributed by atoms with van der Waals surface area (Å²) in [5.41, 5.74) is 10.0. The van der Waals surface area contributed by atoms with Crippen molar-refractivity contribution in [1.29, 1.82) is 0 Å². The highest BCUT2D eigenvalue weighted by atomic mass is 79.9. The molecule has 2 rings (SSSR count). The van der Waals surface area contributed by atoms with E-state index in [2.05, 4.69) is 72.2 Å². The quantitative estimate of drug-likeness (QED) is 0.773. The Balaban J connectivity index is 2.16. The van der Waals surface area contributed by atoms with E-state index in [0.29, 0.717) is 0 Å². The molecular weight excluding hydrogens is 330 g/mol. The number of rotatable bonds is 5. The first-order valence-corrected chi connectivity index (χ1v) is 8.55. The molecule has 2 N–H and O–H groups in total. The lowest BCUT2D eigenvalue weighted by Gasteiger charge is -2.13. The lowest BCUT2D eigenvalue weighted by Crippen LogP contribution is -2.18. The first-order chi connectivity index (χ1) is 9.56. The normalized spacial score (nSPS) is 12.4. The second-order valence-corrected chi connectivity index (χ2v) is 7.08. The van der Waals surface area contributed by atoms with Gasteiger partial charge in [-0.1, -0.05) is 46.3 Å². The van der Waals surface area contributed by atoms with Crippen LogP contribution < -0.4 is 5.73 Å². The Hall–Kier alpha value is -0.770. The van der Waals surface area contributed by atoms with Crippen LogP contribution in [-0.4, -0.2) is 6.04 Å². The molecule has 1 atom stereocenters. The molecule has 0 radical (unpaired) electrons. The zero-order valence-corrected chi connectivity index (χ0v) is 14.3. The summed E-state index contributed by atoms with van der Waals surface area (Å²) in [6.45, 7) is 4.22. The molecule has 0 aliphatic heterocycles. The third-order valence-corrected chi connectivity index (χ3v) is 4.86. The summed E-state index contributed by atoms with van der Waals surface area (Å²) in [6.07, 6.45) is 0.920. The highest BCUT2D eigenvalue weighted by Crippen LogP contribution is 2.30. The third kappa shape index (κ3) is 4.37. The van der Waals surface area contributed by atoms with Crippen LogP contribution in [0.2, 0.25) is 0 Å². The standard InChI is InChI=1S/C17H20BrNS/c1-12-5-3-4-6-15(12)11-20-17-10-16(18)8-7-14(17)9-13(2)19/h3-8,10,13H,9,11,19H2,1-2H3. The van der Waals surface area contributed by atoms with Crippen molar-refractivity contribution in [3.63, 3.8) is 0 Å². The van der Waals surface area contributed by atoms with E-state index in [9.17, 15) is 0 Å². The van der Waals surface area contributed by atoms with E-state index in [-0.39, 0.29) is 6.04 Å². The number of thioether (sulfide) groups is 1. The van der Waals surface area contributed by atoms with Gasteiger partial charge in [0.15, 0.2) is 0 Å². The Morgan fingerprint density at radius 2 is 1.90 bits per heavy atom. The molecule has 0 fully saturated rings. The van der Waals surface area contributed by atoms with Crippen LogP contribution in [-0.2, 0) is 12.2 Å². The zero-order valence-electron chi connectivity index (χ0n) is 11.9. The first-order valence-electron chi connectivity index (χ1n) is 6.77. The molecule has 0 heterocycles. The van der Waals surface area contributed by atoms with Crippen molar-refractivity contribution in [2.75, 3.05) is 0 Å². The Bertz CT molecular complexity index is 581. The summed E-state index contributed by atoms with van der Waals surface area (Å²) in [4.78, 5) is 1.32. The summed E-state index contributed by atoms with van der Waals surface area (Å²) in [6, 6.07) is 15.2. The van der Waals surface area contributed by atoms with Crippen LogP contribution >= 0.6 is 27.7 Å². The molecule has 0 aliphatic rings. The van der Waals surface area contributed by atoms with Gasteiger partial charge in [0.1, 0.15) is 0 Å². The molecule has 1 nitrogen and oxygen atoms in total. The molecule has 0 aliphatic carbocycles. The van der Waals surface area contributed by atoms with Gasteiger partial charge in [0.2, 0.25) is 0 Å². The van der Waals surface area contributed by atoms with E-state index < -0.39 is 0 Å². The number of nitrogens with two attached hydrogens (primary N) is 1. The monoisotopic (exact) mass is 349 g/mol. The molecule has 2 aromatic carbocycles. The van der Waals surface area contributed by atoms with Crippen molar-refractivity contribution in [2.45, 2.75) is 37.0 Å². The fourth-order valence-corrected chi connectivity index (χ4v) is 3.80. The SMILES string of the molecule is Cc1ccccc1CSc1cc(Br)ccc1CC(C)N. The molecule has 106 valence electrons. The van der Waals surface area contributed by atoms with Gasteiger partial charge in [-0.15, -0.1) is 11.8 Å². The predicted octanol–water partition coefficient (Wildman–Crippen LogP) is 4.94. The average molecular weight is 350 g/mol. The van der Waals surface area contributed by atoms with Crippen LogP contribution in [0.3, 0.4) is 0 Å². The molecule has 3 heteroatoms. The Morgan fingerprint density at radius 3 is 2.60 bits per heavy atom. The summed E-state index contributed by atoms with van der Waals surface area (Å²) >= 11 is 5.44. The summed E-state index contributed by atoms with van der Waals surface area (Å²) in [5.74, 6) is 0.995. The van der Waals surface area contributed by atoms with Crippen LogP contribution in [0, 0.1) is 6.92 Å². The highest BCUT2D eigenvalue weighted by Gasteiger charge is 2.07. The lowest BCUT2D eigenvalue weighted by molar-refractivity contribution is 0.729. The molecular formula is C17H20BrNS. The van der Waals surface area contributed by atoms with Crippen LogP contribution in [0.25, 0.3) is 0 Å². The minimum atomic E-state index is 0.189. The first kappa shape index (κ1) is 15.6. The van der Waals surface area contributed by atoms with Crippen molar-refractivity contribution in [3.8, 4) is 0 Å². The number of hydrogen-bond donors (Lipinski definition) is 1. The lowest BCUT2D eigenvalue weighted by atomic mass is 10.1. The van der Waals surface area contributed by atoms with E-state index in [1.165, 1.54) is 21.6 Å². The number of aryl methyl sites for hydroxylation is 1. The zero-order chi connectivity index (χ0) is 14.5. The molecule has 0 saturated carbocycles. The molecule has 20 heavy (non-hydrogen) atoms. The number of benzene rings is 2. The highest BCUT2D eigenvalue weighted by molar-refractivity contribution is 9.10. The number of hydrogen-bond acceptors (Lipinski definition) is 2. The number of halogens is 1. The molecule has 0 spiro atoms. The smallest absolute Gasteiger partial charge is 0.0234 e. The van der Waals surface area contributed by atoms with Gasteiger partial charge in [0.05, 0.1) is 0 Å². The van der Waals surface area contributed by atoms with Crippen LogP contribution in [0.4, 0.5) is 0 Å². The fraction of sp³-hybridized carbons (Fsp3) is 0.294. The molecule has 1 unspecified atom stereocenters. The Morgan fingerprint density at radius 1 is 1.15 bits per heavy atom. The fourth-order valence-electron chi connectivity index (χ4n) is 2.11. The Kier molecular flexibility index (Phi) is 5.70. The Labute approximate surface area is 134 Å². The van der Waals surface area contributed by atoms with Gasteiger partial charge >= 0.3 is 0 Å². The van der Waals surface area contributed by atoms with E-state index in [1.807, 2.05) is 11.8 Å². The van der Waals surface area contributed by atoms with Crippen LogP contribution in [0.5, 0.6) is 0 Å². The summed E-state index contributed by atoms with van der Waals surface area (Å²) in [5, 5.41) is 0.